The van der Waals surface area contributed by atoms with Crippen LogP contribution in [0.25, 0.3) is 10.8 Å². The van der Waals surface area contributed by atoms with E-state index in [1.807, 2.05) is 24.3 Å². The van der Waals surface area contributed by atoms with Gasteiger partial charge in [-0.1, -0.05) is 28.1 Å². The van der Waals surface area contributed by atoms with E-state index in [0.29, 0.717) is 0 Å². The van der Waals surface area contributed by atoms with Gasteiger partial charge in [0.2, 0.25) is 0 Å². The van der Waals surface area contributed by atoms with E-state index in [4.69, 9.17) is 0 Å². The molecule has 0 saturated heterocycles. The molecular formula is C9H6BrNS. The molecule has 0 aliphatic rings. The van der Waals surface area contributed by atoms with Crippen molar-refractivity contribution in [3.63, 3.8) is 0 Å². The van der Waals surface area contributed by atoms with Gasteiger partial charge in [0.25, 0.3) is 0 Å². The van der Waals surface area contributed by atoms with E-state index in [9.17, 15) is 0 Å². The average Bonchev–Trinajstić information content (AvgIpc) is 2.07. The fourth-order valence-electron chi connectivity index (χ4n) is 1.15. The summed E-state index contributed by atoms with van der Waals surface area (Å²) < 4.78 is 1.08. The zero-order chi connectivity index (χ0) is 8.55. The summed E-state index contributed by atoms with van der Waals surface area (Å²) in [6.45, 7) is 0. The van der Waals surface area contributed by atoms with E-state index < -0.39 is 0 Å². The fourth-order valence-corrected chi connectivity index (χ4v) is 1.91. The molecule has 0 amide bonds. The minimum absolute atomic E-state index is 0.772. The van der Waals surface area contributed by atoms with Gasteiger partial charge >= 0.3 is 0 Å². The van der Waals surface area contributed by atoms with Crippen LogP contribution in [0.5, 0.6) is 0 Å². The number of benzene rings is 1. The highest BCUT2D eigenvalue weighted by Crippen LogP contribution is 2.26. The number of pyridine rings is 1. The van der Waals surface area contributed by atoms with Gasteiger partial charge in [0.15, 0.2) is 0 Å². The highest BCUT2D eigenvalue weighted by Gasteiger charge is 1.99. The van der Waals surface area contributed by atoms with E-state index in [0.717, 1.165) is 20.3 Å². The normalized spacial score (nSPS) is 10.5. The van der Waals surface area contributed by atoms with Crippen molar-refractivity contribution in [2.75, 3.05) is 0 Å². The predicted octanol–water partition coefficient (Wildman–Crippen LogP) is 3.29. The van der Waals surface area contributed by atoms with Crippen molar-refractivity contribution in [1.82, 2.24) is 4.98 Å². The van der Waals surface area contributed by atoms with Gasteiger partial charge in [0.1, 0.15) is 5.03 Å². The average molecular weight is 240 g/mol. The van der Waals surface area contributed by atoms with Gasteiger partial charge in [-0.2, -0.15) is 0 Å². The molecule has 12 heavy (non-hydrogen) atoms. The van der Waals surface area contributed by atoms with Crippen molar-refractivity contribution >= 4 is 39.3 Å². The van der Waals surface area contributed by atoms with Crippen LogP contribution in [0.4, 0.5) is 0 Å². The zero-order valence-corrected chi connectivity index (χ0v) is 8.64. The summed E-state index contributed by atoms with van der Waals surface area (Å²) in [6.07, 6.45) is 1.76. The number of thiol groups is 1. The van der Waals surface area contributed by atoms with E-state index in [1.54, 1.807) is 6.20 Å². The van der Waals surface area contributed by atoms with Crippen LogP contribution in [0, 0.1) is 0 Å². The van der Waals surface area contributed by atoms with Crippen LogP contribution in [-0.4, -0.2) is 4.98 Å². The van der Waals surface area contributed by atoms with E-state index >= 15 is 0 Å². The molecule has 1 nitrogen and oxygen atoms in total. The third kappa shape index (κ3) is 1.23. The number of nitrogens with zero attached hydrogens (tertiary/aromatic N) is 1. The first-order chi connectivity index (χ1) is 5.79. The second kappa shape index (κ2) is 3.07. The lowest BCUT2D eigenvalue weighted by Crippen LogP contribution is -1.79. The second-order valence-corrected chi connectivity index (χ2v) is 3.75. The van der Waals surface area contributed by atoms with Gasteiger partial charge < -0.3 is 0 Å². The van der Waals surface area contributed by atoms with Crippen LogP contribution < -0.4 is 0 Å². The van der Waals surface area contributed by atoms with Gasteiger partial charge in [0.05, 0.1) is 0 Å². The number of halogens is 1. The Labute approximate surface area is 84.4 Å². The Hall–Kier alpha value is -0.540. The molecule has 0 aliphatic heterocycles. The van der Waals surface area contributed by atoms with Crippen LogP contribution in [0.15, 0.2) is 40.0 Å². The fraction of sp³-hybridized carbons (Fsp3) is 0. The monoisotopic (exact) mass is 239 g/mol. The topological polar surface area (TPSA) is 12.9 Å². The van der Waals surface area contributed by atoms with Crippen molar-refractivity contribution in [3.05, 3.63) is 34.9 Å². The molecule has 0 aliphatic carbocycles. The SMILES string of the molecule is Sc1nccc2c(Br)cccc12. The van der Waals surface area contributed by atoms with E-state index in [1.165, 1.54) is 0 Å². The first-order valence-corrected chi connectivity index (χ1v) is 4.75. The molecule has 0 atom stereocenters. The van der Waals surface area contributed by atoms with Crippen LogP contribution in [0.2, 0.25) is 0 Å². The minimum atomic E-state index is 0.772. The van der Waals surface area contributed by atoms with Crippen molar-refractivity contribution in [2.45, 2.75) is 5.03 Å². The maximum Gasteiger partial charge on any atom is 0.101 e. The van der Waals surface area contributed by atoms with Crippen LogP contribution in [0.1, 0.15) is 0 Å². The van der Waals surface area contributed by atoms with Crippen LogP contribution >= 0.6 is 28.6 Å². The molecule has 0 saturated carbocycles. The lowest BCUT2D eigenvalue weighted by Gasteiger charge is -2.00. The summed E-state index contributed by atoms with van der Waals surface area (Å²) in [5.41, 5.74) is 0. The molecule has 0 unspecified atom stereocenters. The molecule has 2 rings (SSSR count). The Balaban J connectivity index is 2.94. The summed E-state index contributed by atoms with van der Waals surface area (Å²) >= 11 is 7.73. The van der Waals surface area contributed by atoms with Gasteiger partial charge in [-0.05, 0) is 12.1 Å². The van der Waals surface area contributed by atoms with E-state index in [-0.39, 0.29) is 0 Å². The number of rotatable bonds is 0. The maximum absolute atomic E-state index is 4.27. The minimum Gasteiger partial charge on any atom is -0.250 e. The quantitative estimate of drug-likeness (QED) is 0.697. The molecule has 60 valence electrons. The Morgan fingerprint density at radius 2 is 2.00 bits per heavy atom. The van der Waals surface area contributed by atoms with Crippen molar-refractivity contribution in [2.24, 2.45) is 0 Å². The summed E-state index contributed by atoms with van der Waals surface area (Å²) in [4.78, 5) is 4.09. The number of fused-ring (bicyclic) bond motifs is 1. The first-order valence-electron chi connectivity index (χ1n) is 3.51. The lowest BCUT2D eigenvalue weighted by molar-refractivity contribution is 1.18. The van der Waals surface area contributed by atoms with Gasteiger partial charge in [-0.15, -0.1) is 12.6 Å². The Morgan fingerprint density at radius 1 is 1.17 bits per heavy atom. The molecule has 0 radical (unpaired) electrons. The van der Waals surface area contributed by atoms with Crippen LogP contribution in [0.3, 0.4) is 0 Å². The van der Waals surface area contributed by atoms with Gasteiger partial charge in [0, 0.05) is 21.4 Å². The largest absolute Gasteiger partial charge is 0.250 e. The van der Waals surface area contributed by atoms with Gasteiger partial charge in [-0.3, -0.25) is 0 Å². The predicted molar refractivity (Wildman–Crippen MR) is 56.7 cm³/mol. The maximum atomic E-state index is 4.27. The number of aromatic nitrogens is 1. The molecule has 0 N–H and O–H groups in total. The smallest absolute Gasteiger partial charge is 0.101 e. The van der Waals surface area contributed by atoms with Crippen LogP contribution in [-0.2, 0) is 0 Å². The lowest BCUT2D eigenvalue weighted by atomic mass is 10.2. The van der Waals surface area contributed by atoms with E-state index in [2.05, 4.69) is 33.5 Å². The molecule has 2 aromatic rings. The summed E-state index contributed by atoms with van der Waals surface area (Å²) in [7, 11) is 0. The van der Waals surface area contributed by atoms with Crippen molar-refractivity contribution < 1.29 is 0 Å². The summed E-state index contributed by atoms with van der Waals surface area (Å²) in [5.74, 6) is 0. The second-order valence-electron chi connectivity index (χ2n) is 2.47. The third-order valence-electron chi connectivity index (χ3n) is 1.73. The summed E-state index contributed by atoms with van der Waals surface area (Å²) in [6, 6.07) is 7.97. The first kappa shape index (κ1) is 8.08. The molecular weight excluding hydrogens is 234 g/mol. The summed E-state index contributed by atoms with van der Waals surface area (Å²) in [5, 5.41) is 3.00. The van der Waals surface area contributed by atoms with Gasteiger partial charge in [-0.25, -0.2) is 4.98 Å². The molecule has 3 heteroatoms. The number of hydrogen-bond donors (Lipinski definition) is 1. The zero-order valence-electron chi connectivity index (χ0n) is 6.16. The number of hydrogen-bond acceptors (Lipinski definition) is 2. The Kier molecular flexibility index (Phi) is 2.07. The molecule has 1 aromatic carbocycles. The highest BCUT2D eigenvalue weighted by atomic mass is 79.9. The Bertz CT molecular complexity index is 387. The molecule has 0 fully saturated rings. The van der Waals surface area contributed by atoms with Crippen molar-refractivity contribution in [1.29, 1.82) is 0 Å². The Morgan fingerprint density at radius 3 is 2.75 bits per heavy atom. The standard InChI is InChI=1S/C9H6BrNS/c10-8-3-1-2-7-6(8)4-5-11-9(7)12/h1-5H,(H,11,12). The molecule has 1 aromatic heterocycles. The molecule has 1 heterocycles. The molecule has 0 spiro atoms. The highest BCUT2D eigenvalue weighted by molar-refractivity contribution is 9.10. The third-order valence-corrected chi connectivity index (χ3v) is 2.78. The molecule has 0 bridgehead atoms. The van der Waals surface area contributed by atoms with Crippen molar-refractivity contribution in [3.8, 4) is 0 Å².